The highest BCUT2D eigenvalue weighted by Crippen LogP contribution is 2.40. The maximum atomic E-state index is 6.29. The number of benzene rings is 1. The summed E-state index contributed by atoms with van der Waals surface area (Å²) in [5.74, 6) is 0.605. The lowest BCUT2D eigenvalue weighted by molar-refractivity contribution is 0.313. The van der Waals surface area contributed by atoms with Gasteiger partial charge in [0, 0.05) is 36.4 Å². The average molecular weight is 308 g/mol. The zero-order chi connectivity index (χ0) is 14.8. The lowest BCUT2D eigenvalue weighted by Gasteiger charge is -2.33. The highest BCUT2D eigenvalue weighted by molar-refractivity contribution is 6.30. The van der Waals surface area contributed by atoms with Gasteiger partial charge in [-0.2, -0.15) is 0 Å². The maximum absolute atomic E-state index is 6.29. The van der Waals surface area contributed by atoms with Gasteiger partial charge in [0.1, 0.15) is 0 Å². The highest BCUT2D eigenvalue weighted by atomic mass is 35.5. The monoisotopic (exact) mass is 307 g/mol. The SMILES string of the molecule is CN1CC(CN)CC1c1cc(Cl)ccc1N1CCCCC1. The Balaban J connectivity index is 1.91. The zero-order valence-electron chi connectivity index (χ0n) is 12.9. The molecule has 1 aromatic rings. The second-order valence-electron chi connectivity index (χ2n) is 6.54. The van der Waals surface area contributed by atoms with Crippen LogP contribution in [0.3, 0.4) is 0 Å². The van der Waals surface area contributed by atoms with Gasteiger partial charge in [-0.3, -0.25) is 4.90 Å². The summed E-state index contributed by atoms with van der Waals surface area (Å²) >= 11 is 6.29. The molecule has 1 aromatic carbocycles. The van der Waals surface area contributed by atoms with Gasteiger partial charge in [0.05, 0.1) is 0 Å². The fraction of sp³-hybridized carbons (Fsp3) is 0.647. The van der Waals surface area contributed by atoms with Crippen LogP contribution < -0.4 is 10.6 Å². The Morgan fingerprint density at radius 3 is 2.67 bits per heavy atom. The van der Waals surface area contributed by atoms with Crippen molar-refractivity contribution in [3.05, 3.63) is 28.8 Å². The number of piperidine rings is 1. The molecule has 0 spiro atoms. The van der Waals surface area contributed by atoms with Crippen LogP contribution >= 0.6 is 11.6 Å². The first-order valence-corrected chi connectivity index (χ1v) is 8.51. The van der Waals surface area contributed by atoms with Crippen molar-refractivity contribution >= 4 is 17.3 Å². The summed E-state index contributed by atoms with van der Waals surface area (Å²) in [5, 5.41) is 0.843. The topological polar surface area (TPSA) is 32.5 Å². The van der Waals surface area contributed by atoms with E-state index in [2.05, 4.69) is 29.0 Å². The largest absolute Gasteiger partial charge is 0.371 e. The van der Waals surface area contributed by atoms with Gasteiger partial charge in [-0.25, -0.2) is 0 Å². The van der Waals surface area contributed by atoms with Gasteiger partial charge in [-0.1, -0.05) is 11.6 Å². The number of rotatable bonds is 3. The van der Waals surface area contributed by atoms with Gasteiger partial charge in [0.2, 0.25) is 0 Å². The third-order valence-electron chi connectivity index (χ3n) is 5.01. The first-order chi connectivity index (χ1) is 10.2. The molecule has 21 heavy (non-hydrogen) atoms. The molecule has 2 saturated heterocycles. The van der Waals surface area contributed by atoms with Crippen molar-refractivity contribution in [1.82, 2.24) is 4.90 Å². The fourth-order valence-electron chi connectivity index (χ4n) is 3.85. The molecule has 2 fully saturated rings. The van der Waals surface area contributed by atoms with Gasteiger partial charge in [-0.05, 0) is 69.0 Å². The zero-order valence-corrected chi connectivity index (χ0v) is 13.6. The first-order valence-electron chi connectivity index (χ1n) is 8.13. The number of hydrogen-bond acceptors (Lipinski definition) is 3. The second kappa shape index (κ2) is 6.55. The summed E-state index contributed by atoms with van der Waals surface area (Å²) in [6.07, 6.45) is 5.11. The summed E-state index contributed by atoms with van der Waals surface area (Å²) in [7, 11) is 2.21. The Labute approximate surface area is 133 Å². The third kappa shape index (κ3) is 3.20. The predicted molar refractivity (Wildman–Crippen MR) is 90.0 cm³/mol. The highest BCUT2D eigenvalue weighted by Gasteiger charge is 2.32. The smallest absolute Gasteiger partial charge is 0.0415 e. The summed E-state index contributed by atoms with van der Waals surface area (Å²) in [5.41, 5.74) is 8.66. The van der Waals surface area contributed by atoms with E-state index in [1.807, 2.05) is 6.07 Å². The van der Waals surface area contributed by atoms with Crippen molar-refractivity contribution in [2.75, 3.05) is 38.1 Å². The lowest BCUT2D eigenvalue weighted by Crippen LogP contribution is -2.31. The average Bonchev–Trinajstić information content (AvgIpc) is 2.89. The molecule has 0 amide bonds. The van der Waals surface area contributed by atoms with Gasteiger partial charge >= 0.3 is 0 Å². The maximum Gasteiger partial charge on any atom is 0.0415 e. The van der Waals surface area contributed by atoms with Crippen LogP contribution in [-0.4, -0.2) is 38.1 Å². The van der Waals surface area contributed by atoms with Crippen LogP contribution in [0.1, 0.15) is 37.3 Å². The molecule has 2 aliphatic heterocycles. The molecule has 3 rings (SSSR count). The van der Waals surface area contributed by atoms with Crippen LogP contribution in [-0.2, 0) is 0 Å². The Kier molecular flexibility index (Phi) is 4.72. The van der Waals surface area contributed by atoms with E-state index in [9.17, 15) is 0 Å². The molecular formula is C17H26ClN3. The van der Waals surface area contributed by atoms with Gasteiger partial charge in [0.15, 0.2) is 0 Å². The molecule has 0 aliphatic carbocycles. The van der Waals surface area contributed by atoms with Gasteiger partial charge in [-0.15, -0.1) is 0 Å². The number of likely N-dealkylation sites (tertiary alicyclic amines) is 1. The molecule has 2 heterocycles. The van der Waals surface area contributed by atoms with E-state index in [1.54, 1.807) is 0 Å². The van der Waals surface area contributed by atoms with Crippen molar-refractivity contribution < 1.29 is 0 Å². The van der Waals surface area contributed by atoms with Crippen LogP contribution in [0.2, 0.25) is 5.02 Å². The van der Waals surface area contributed by atoms with Crippen LogP contribution in [0.4, 0.5) is 5.69 Å². The standard InChI is InChI=1S/C17H26ClN3/c1-20-12-13(11-19)9-17(20)15-10-14(18)5-6-16(15)21-7-3-2-4-8-21/h5-6,10,13,17H,2-4,7-9,11-12,19H2,1H3. The van der Waals surface area contributed by atoms with Gasteiger partial charge < -0.3 is 10.6 Å². The van der Waals surface area contributed by atoms with Gasteiger partial charge in [0.25, 0.3) is 0 Å². The molecule has 2 atom stereocenters. The molecule has 2 N–H and O–H groups in total. The fourth-order valence-corrected chi connectivity index (χ4v) is 4.04. The number of nitrogens with two attached hydrogens (primary N) is 1. The van der Waals surface area contributed by atoms with E-state index < -0.39 is 0 Å². The molecule has 2 aliphatic rings. The Bertz CT molecular complexity index is 485. The number of hydrogen-bond donors (Lipinski definition) is 1. The normalized spacial score (nSPS) is 27.3. The summed E-state index contributed by atoms with van der Waals surface area (Å²) in [4.78, 5) is 4.98. The molecule has 116 valence electrons. The molecule has 0 bridgehead atoms. The quantitative estimate of drug-likeness (QED) is 0.930. The Morgan fingerprint density at radius 1 is 1.24 bits per heavy atom. The van der Waals surface area contributed by atoms with Crippen LogP contribution in [0.15, 0.2) is 18.2 Å². The Morgan fingerprint density at radius 2 is 2.00 bits per heavy atom. The van der Waals surface area contributed by atoms with E-state index in [1.165, 1.54) is 43.6 Å². The van der Waals surface area contributed by atoms with Crippen molar-refractivity contribution in [2.24, 2.45) is 11.7 Å². The predicted octanol–water partition coefficient (Wildman–Crippen LogP) is 3.28. The molecule has 3 nitrogen and oxygen atoms in total. The summed E-state index contributed by atoms with van der Waals surface area (Å²) in [6.45, 7) is 4.21. The van der Waals surface area contributed by atoms with E-state index >= 15 is 0 Å². The van der Waals surface area contributed by atoms with Crippen LogP contribution in [0, 0.1) is 5.92 Å². The van der Waals surface area contributed by atoms with Crippen LogP contribution in [0.5, 0.6) is 0 Å². The number of nitrogens with zero attached hydrogens (tertiary/aromatic N) is 2. The third-order valence-corrected chi connectivity index (χ3v) is 5.25. The minimum atomic E-state index is 0.453. The lowest BCUT2D eigenvalue weighted by atomic mass is 9.97. The van der Waals surface area contributed by atoms with Crippen molar-refractivity contribution in [3.63, 3.8) is 0 Å². The van der Waals surface area contributed by atoms with Crippen molar-refractivity contribution in [3.8, 4) is 0 Å². The number of anilines is 1. The minimum Gasteiger partial charge on any atom is -0.371 e. The van der Waals surface area contributed by atoms with E-state index in [4.69, 9.17) is 17.3 Å². The minimum absolute atomic E-state index is 0.453. The summed E-state index contributed by atoms with van der Waals surface area (Å²) in [6, 6.07) is 6.87. The molecule has 4 heteroatoms. The van der Waals surface area contributed by atoms with Crippen LogP contribution in [0.25, 0.3) is 0 Å². The summed E-state index contributed by atoms with van der Waals surface area (Å²) < 4.78 is 0. The Hall–Kier alpha value is -0.770. The molecular weight excluding hydrogens is 282 g/mol. The van der Waals surface area contributed by atoms with E-state index in [-0.39, 0.29) is 0 Å². The van der Waals surface area contributed by atoms with Crippen molar-refractivity contribution in [1.29, 1.82) is 0 Å². The van der Waals surface area contributed by atoms with Crippen molar-refractivity contribution in [2.45, 2.75) is 31.7 Å². The molecule has 0 aromatic heterocycles. The molecule has 0 radical (unpaired) electrons. The first kappa shape index (κ1) is 15.1. The molecule has 0 saturated carbocycles. The number of halogens is 1. The second-order valence-corrected chi connectivity index (χ2v) is 6.98. The van der Waals surface area contributed by atoms with E-state index in [0.29, 0.717) is 12.0 Å². The van der Waals surface area contributed by atoms with E-state index in [0.717, 1.165) is 24.5 Å². The molecule has 2 unspecified atom stereocenters.